The Morgan fingerprint density at radius 2 is 1.96 bits per heavy atom. The first-order valence-electron chi connectivity index (χ1n) is 7.67. The molecule has 7 heteroatoms. The van der Waals surface area contributed by atoms with E-state index in [0.29, 0.717) is 11.4 Å². The average Bonchev–Trinajstić information content (AvgIpc) is 3.12. The molecular formula is C18H17NO6. The summed E-state index contributed by atoms with van der Waals surface area (Å²) in [4.78, 5) is 38.0. The molecule has 0 radical (unpaired) electrons. The molecule has 25 heavy (non-hydrogen) atoms. The third-order valence-electron chi connectivity index (χ3n) is 4.19. The predicted octanol–water partition coefficient (Wildman–Crippen LogP) is 1.57. The van der Waals surface area contributed by atoms with Crippen LogP contribution in [0.2, 0.25) is 0 Å². The van der Waals surface area contributed by atoms with Crippen molar-refractivity contribution in [3.8, 4) is 0 Å². The second-order valence-electron chi connectivity index (χ2n) is 5.86. The number of ketones is 1. The molecule has 0 unspecified atom stereocenters. The normalized spacial score (nSPS) is 19.0. The minimum Gasteiger partial charge on any atom is -0.468 e. The predicted molar refractivity (Wildman–Crippen MR) is 87.1 cm³/mol. The highest BCUT2D eigenvalue weighted by atomic mass is 16.5. The van der Waals surface area contributed by atoms with Crippen LogP contribution in [0.15, 0.2) is 40.8 Å². The number of aryl methyl sites for hydroxylation is 1. The van der Waals surface area contributed by atoms with Crippen molar-refractivity contribution in [2.75, 3.05) is 18.6 Å². The van der Waals surface area contributed by atoms with E-state index in [4.69, 9.17) is 4.42 Å². The fourth-order valence-corrected chi connectivity index (χ4v) is 2.93. The number of carbonyl (C=O) groups is 3. The number of anilines is 1. The van der Waals surface area contributed by atoms with Crippen LogP contribution in [0, 0.1) is 6.92 Å². The zero-order chi connectivity index (χ0) is 18.2. The van der Waals surface area contributed by atoms with Gasteiger partial charge in [-0.25, -0.2) is 0 Å². The lowest BCUT2D eigenvalue weighted by Gasteiger charge is -2.21. The van der Waals surface area contributed by atoms with Crippen LogP contribution in [-0.4, -0.2) is 36.4 Å². The molecule has 1 atom stereocenters. The largest absolute Gasteiger partial charge is 0.468 e. The van der Waals surface area contributed by atoms with Gasteiger partial charge >= 0.3 is 5.97 Å². The lowest BCUT2D eigenvalue weighted by molar-refractivity contribution is -0.142. The molecule has 1 aromatic carbocycles. The monoisotopic (exact) mass is 343 g/mol. The molecule has 0 spiro atoms. The van der Waals surface area contributed by atoms with E-state index < -0.39 is 29.7 Å². The van der Waals surface area contributed by atoms with E-state index in [1.54, 1.807) is 37.3 Å². The molecule has 7 nitrogen and oxygen atoms in total. The Hall–Kier alpha value is -2.93. The third-order valence-corrected chi connectivity index (χ3v) is 4.19. The molecule has 0 saturated heterocycles. The number of hydrogen-bond acceptors (Lipinski definition) is 6. The van der Waals surface area contributed by atoms with Gasteiger partial charge in [0.25, 0.3) is 5.91 Å². The standard InChI is InChI=1S/C18H17NO6/c1-11-7-8-15(25-11)14(20)9-18(23)12-5-3-4-6-13(12)19(17(18)22)10-16(21)24-2/h3-8,23H,9-10H2,1-2H3/t18-/m0/s1. The number of carbonyl (C=O) groups excluding carboxylic acids is 3. The summed E-state index contributed by atoms with van der Waals surface area (Å²) in [5.74, 6) is -1.24. The summed E-state index contributed by atoms with van der Waals surface area (Å²) in [6.45, 7) is 1.35. The topological polar surface area (TPSA) is 97.0 Å². The molecule has 1 N–H and O–H groups in total. The third kappa shape index (κ3) is 2.83. The number of nitrogens with zero attached hydrogens (tertiary/aromatic N) is 1. The van der Waals surface area contributed by atoms with Crippen LogP contribution in [0.4, 0.5) is 5.69 Å². The summed E-state index contributed by atoms with van der Waals surface area (Å²) in [6, 6.07) is 9.63. The van der Waals surface area contributed by atoms with Crippen molar-refractivity contribution < 1.29 is 28.6 Å². The van der Waals surface area contributed by atoms with Crippen LogP contribution < -0.4 is 4.90 Å². The van der Waals surface area contributed by atoms with Crippen LogP contribution >= 0.6 is 0 Å². The first kappa shape index (κ1) is 16.9. The van der Waals surface area contributed by atoms with Crippen molar-refractivity contribution in [1.29, 1.82) is 0 Å². The Morgan fingerprint density at radius 1 is 1.24 bits per heavy atom. The summed E-state index contributed by atoms with van der Waals surface area (Å²) in [5.41, 5.74) is -1.40. The van der Waals surface area contributed by atoms with E-state index in [1.165, 1.54) is 13.2 Å². The number of amides is 1. The number of benzene rings is 1. The number of methoxy groups -OCH3 is 1. The number of aliphatic hydroxyl groups is 1. The van der Waals surface area contributed by atoms with Crippen molar-refractivity contribution >= 4 is 23.3 Å². The van der Waals surface area contributed by atoms with Crippen LogP contribution in [0.3, 0.4) is 0 Å². The van der Waals surface area contributed by atoms with E-state index in [2.05, 4.69) is 4.74 Å². The van der Waals surface area contributed by atoms with Gasteiger partial charge in [-0.3, -0.25) is 19.3 Å². The molecule has 1 amide bonds. The van der Waals surface area contributed by atoms with Crippen LogP contribution in [-0.2, 0) is 19.9 Å². The van der Waals surface area contributed by atoms with Crippen molar-refractivity contribution in [3.63, 3.8) is 0 Å². The lowest BCUT2D eigenvalue weighted by atomic mass is 9.89. The molecule has 1 aliphatic heterocycles. The highest BCUT2D eigenvalue weighted by molar-refractivity contribution is 6.12. The molecule has 130 valence electrons. The lowest BCUT2D eigenvalue weighted by Crippen LogP contribution is -2.43. The number of Topliss-reactive ketones (excluding diaryl/α,β-unsaturated/α-hetero) is 1. The second-order valence-corrected chi connectivity index (χ2v) is 5.86. The van der Waals surface area contributed by atoms with Crippen LogP contribution in [0.25, 0.3) is 0 Å². The Morgan fingerprint density at radius 3 is 2.60 bits per heavy atom. The maximum atomic E-state index is 12.8. The number of fused-ring (bicyclic) bond motifs is 1. The van der Waals surface area contributed by atoms with Crippen molar-refractivity contribution in [2.24, 2.45) is 0 Å². The Labute approximate surface area is 143 Å². The first-order chi connectivity index (χ1) is 11.9. The molecule has 0 bridgehead atoms. The summed E-state index contributed by atoms with van der Waals surface area (Å²) >= 11 is 0. The quantitative estimate of drug-likeness (QED) is 0.654. The van der Waals surface area contributed by atoms with Gasteiger partial charge in [-0.15, -0.1) is 0 Å². The van der Waals surface area contributed by atoms with Gasteiger partial charge in [0.15, 0.2) is 11.4 Å². The van der Waals surface area contributed by atoms with Crippen molar-refractivity contribution in [2.45, 2.75) is 18.9 Å². The van der Waals surface area contributed by atoms with Gasteiger partial charge in [-0.1, -0.05) is 18.2 Å². The van der Waals surface area contributed by atoms with Crippen LogP contribution in [0.5, 0.6) is 0 Å². The van der Waals surface area contributed by atoms with Gasteiger partial charge in [-0.2, -0.15) is 0 Å². The van der Waals surface area contributed by atoms with Gasteiger partial charge in [0.05, 0.1) is 19.2 Å². The van der Waals surface area contributed by atoms with E-state index in [1.807, 2.05) is 0 Å². The number of rotatable bonds is 5. The zero-order valence-electron chi connectivity index (χ0n) is 13.8. The Bertz CT molecular complexity index is 855. The molecule has 1 aliphatic rings. The van der Waals surface area contributed by atoms with Gasteiger partial charge in [0.2, 0.25) is 5.78 Å². The maximum Gasteiger partial charge on any atom is 0.325 e. The van der Waals surface area contributed by atoms with Gasteiger partial charge in [0.1, 0.15) is 12.3 Å². The molecule has 3 rings (SSSR count). The highest BCUT2D eigenvalue weighted by Gasteiger charge is 2.51. The zero-order valence-corrected chi connectivity index (χ0v) is 13.8. The van der Waals surface area contributed by atoms with E-state index in [9.17, 15) is 19.5 Å². The minimum absolute atomic E-state index is 0.0719. The number of ether oxygens (including phenoxy) is 1. The minimum atomic E-state index is -2.05. The molecule has 0 aliphatic carbocycles. The average molecular weight is 343 g/mol. The Balaban J connectivity index is 1.96. The fraction of sp³-hybridized carbons (Fsp3) is 0.278. The first-order valence-corrected chi connectivity index (χ1v) is 7.67. The SMILES string of the molecule is COC(=O)CN1C(=O)[C@](O)(CC(=O)c2ccc(C)o2)c2ccccc21. The fourth-order valence-electron chi connectivity index (χ4n) is 2.93. The van der Waals surface area contributed by atoms with Gasteiger partial charge < -0.3 is 14.3 Å². The summed E-state index contributed by atoms with van der Waals surface area (Å²) in [7, 11) is 1.21. The van der Waals surface area contributed by atoms with Crippen LogP contribution in [0.1, 0.15) is 28.3 Å². The van der Waals surface area contributed by atoms with Gasteiger partial charge in [0, 0.05) is 5.56 Å². The number of para-hydroxylation sites is 1. The summed E-state index contributed by atoms with van der Waals surface area (Å²) in [6.07, 6.45) is -0.479. The smallest absolute Gasteiger partial charge is 0.325 e. The number of esters is 1. The Kier molecular flexibility index (Phi) is 4.18. The molecular weight excluding hydrogens is 326 g/mol. The summed E-state index contributed by atoms with van der Waals surface area (Å²) < 4.78 is 9.87. The van der Waals surface area contributed by atoms with Gasteiger partial charge in [-0.05, 0) is 25.1 Å². The number of hydrogen-bond donors (Lipinski definition) is 1. The second kappa shape index (κ2) is 6.18. The van der Waals surface area contributed by atoms with E-state index in [-0.39, 0.29) is 17.9 Å². The molecule has 2 heterocycles. The molecule has 0 fully saturated rings. The molecule has 0 saturated carbocycles. The van der Waals surface area contributed by atoms with Crippen molar-refractivity contribution in [1.82, 2.24) is 0 Å². The van der Waals surface area contributed by atoms with E-state index in [0.717, 1.165) is 4.90 Å². The highest BCUT2D eigenvalue weighted by Crippen LogP contribution is 2.42. The number of furan rings is 1. The molecule has 1 aromatic heterocycles. The van der Waals surface area contributed by atoms with Crippen molar-refractivity contribution in [3.05, 3.63) is 53.5 Å². The maximum absolute atomic E-state index is 12.8. The van der Waals surface area contributed by atoms with E-state index >= 15 is 0 Å². The molecule has 2 aromatic rings. The summed E-state index contributed by atoms with van der Waals surface area (Å²) in [5, 5.41) is 11.0.